The fourth-order valence-corrected chi connectivity index (χ4v) is 1.85. The number of aryl methyl sites for hydroxylation is 1. The lowest BCUT2D eigenvalue weighted by Gasteiger charge is -2.11. The van der Waals surface area contributed by atoms with Crippen molar-refractivity contribution in [2.45, 2.75) is 13.6 Å². The van der Waals surface area contributed by atoms with Crippen LogP contribution in [0.15, 0.2) is 30.5 Å². The second kappa shape index (κ2) is 3.46. The lowest BCUT2D eigenvalue weighted by Crippen LogP contribution is -2.15. The summed E-state index contributed by atoms with van der Waals surface area (Å²) in [7, 11) is 4.17. The Morgan fingerprint density at radius 3 is 2.64 bits per heavy atom. The Labute approximate surface area is 84.8 Å². The molecule has 1 heterocycles. The van der Waals surface area contributed by atoms with Crippen LogP contribution in [0.25, 0.3) is 10.9 Å². The summed E-state index contributed by atoms with van der Waals surface area (Å²) in [5.41, 5.74) is 2.67. The number of nitrogens with zero attached hydrogens (tertiary/aromatic N) is 2. The SMILES string of the molecule is Cc1cn(CN(C)C)c2ccccc12. The molecule has 74 valence electrons. The summed E-state index contributed by atoms with van der Waals surface area (Å²) in [5.74, 6) is 0. The Hall–Kier alpha value is -1.28. The van der Waals surface area contributed by atoms with Gasteiger partial charge in [0.15, 0.2) is 0 Å². The Bertz CT molecular complexity index is 441. The number of benzene rings is 1. The predicted octanol–water partition coefficient (Wildman–Crippen LogP) is 2.47. The second-order valence-corrected chi connectivity index (χ2v) is 4.02. The van der Waals surface area contributed by atoms with Gasteiger partial charge in [0, 0.05) is 17.1 Å². The van der Waals surface area contributed by atoms with Crippen molar-refractivity contribution in [2.24, 2.45) is 0 Å². The summed E-state index contributed by atoms with van der Waals surface area (Å²) < 4.78 is 2.28. The third-order valence-electron chi connectivity index (χ3n) is 2.42. The highest BCUT2D eigenvalue weighted by Crippen LogP contribution is 2.20. The number of hydrogen-bond donors (Lipinski definition) is 0. The van der Waals surface area contributed by atoms with Crippen molar-refractivity contribution in [1.82, 2.24) is 9.47 Å². The molecule has 0 aliphatic rings. The normalized spacial score (nSPS) is 11.4. The van der Waals surface area contributed by atoms with Crippen molar-refractivity contribution >= 4 is 10.9 Å². The number of hydrogen-bond acceptors (Lipinski definition) is 1. The summed E-state index contributed by atoms with van der Waals surface area (Å²) >= 11 is 0. The molecule has 0 N–H and O–H groups in total. The van der Waals surface area contributed by atoms with Gasteiger partial charge in [0.05, 0.1) is 6.67 Å². The topological polar surface area (TPSA) is 8.17 Å². The molecular weight excluding hydrogens is 172 g/mol. The number of para-hydroxylation sites is 1. The van der Waals surface area contributed by atoms with Gasteiger partial charge < -0.3 is 4.57 Å². The highest BCUT2D eigenvalue weighted by atomic mass is 15.2. The first kappa shape index (κ1) is 9.28. The molecule has 2 heteroatoms. The molecule has 0 aliphatic heterocycles. The minimum atomic E-state index is 0.939. The van der Waals surface area contributed by atoms with E-state index in [1.54, 1.807) is 0 Å². The molecule has 2 nitrogen and oxygen atoms in total. The van der Waals surface area contributed by atoms with Crippen LogP contribution < -0.4 is 0 Å². The summed E-state index contributed by atoms with van der Waals surface area (Å²) in [4.78, 5) is 2.17. The average Bonchev–Trinajstić information content (AvgIpc) is 2.44. The van der Waals surface area contributed by atoms with E-state index in [2.05, 4.69) is 60.9 Å². The molecule has 2 rings (SSSR count). The van der Waals surface area contributed by atoms with Crippen LogP contribution in [0.3, 0.4) is 0 Å². The zero-order valence-electron chi connectivity index (χ0n) is 8.99. The van der Waals surface area contributed by atoms with Crippen LogP contribution >= 0.6 is 0 Å². The first-order chi connectivity index (χ1) is 6.68. The van der Waals surface area contributed by atoms with Crippen LogP contribution in [-0.4, -0.2) is 23.6 Å². The fraction of sp³-hybridized carbons (Fsp3) is 0.333. The van der Waals surface area contributed by atoms with Crippen molar-refractivity contribution < 1.29 is 0 Å². The Morgan fingerprint density at radius 2 is 1.93 bits per heavy atom. The molecule has 0 aliphatic carbocycles. The number of rotatable bonds is 2. The van der Waals surface area contributed by atoms with Gasteiger partial charge in [-0.05, 0) is 32.6 Å². The van der Waals surface area contributed by atoms with E-state index in [0.717, 1.165) is 6.67 Å². The first-order valence-corrected chi connectivity index (χ1v) is 4.87. The molecule has 1 aromatic heterocycles. The van der Waals surface area contributed by atoms with E-state index in [1.807, 2.05) is 0 Å². The van der Waals surface area contributed by atoms with E-state index in [4.69, 9.17) is 0 Å². The molecule has 0 saturated carbocycles. The molecule has 0 radical (unpaired) electrons. The van der Waals surface area contributed by atoms with E-state index in [0.29, 0.717) is 0 Å². The van der Waals surface area contributed by atoms with Crippen LogP contribution in [0.5, 0.6) is 0 Å². The lowest BCUT2D eigenvalue weighted by molar-refractivity contribution is 0.332. The minimum Gasteiger partial charge on any atom is -0.334 e. The molecule has 0 saturated heterocycles. The highest BCUT2D eigenvalue weighted by molar-refractivity contribution is 5.83. The maximum atomic E-state index is 2.28. The third kappa shape index (κ3) is 1.53. The van der Waals surface area contributed by atoms with Gasteiger partial charge in [-0.2, -0.15) is 0 Å². The predicted molar refractivity (Wildman–Crippen MR) is 60.4 cm³/mol. The van der Waals surface area contributed by atoms with Crippen LogP contribution in [0.2, 0.25) is 0 Å². The largest absolute Gasteiger partial charge is 0.334 e. The summed E-state index contributed by atoms with van der Waals surface area (Å²) in [6, 6.07) is 8.53. The highest BCUT2D eigenvalue weighted by Gasteiger charge is 2.03. The van der Waals surface area contributed by atoms with Gasteiger partial charge in [-0.15, -0.1) is 0 Å². The maximum absolute atomic E-state index is 2.28. The van der Waals surface area contributed by atoms with E-state index >= 15 is 0 Å². The van der Waals surface area contributed by atoms with Crippen LogP contribution in [0, 0.1) is 6.92 Å². The van der Waals surface area contributed by atoms with Gasteiger partial charge in [-0.25, -0.2) is 0 Å². The first-order valence-electron chi connectivity index (χ1n) is 4.87. The van der Waals surface area contributed by atoms with Crippen LogP contribution in [0.1, 0.15) is 5.56 Å². The Morgan fingerprint density at radius 1 is 1.21 bits per heavy atom. The number of aromatic nitrogens is 1. The Balaban J connectivity index is 2.55. The van der Waals surface area contributed by atoms with E-state index in [-0.39, 0.29) is 0 Å². The monoisotopic (exact) mass is 188 g/mol. The molecule has 0 bridgehead atoms. The maximum Gasteiger partial charge on any atom is 0.0746 e. The van der Waals surface area contributed by atoms with Gasteiger partial charge in [0.25, 0.3) is 0 Å². The summed E-state index contributed by atoms with van der Waals surface area (Å²) in [6.07, 6.45) is 2.21. The van der Waals surface area contributed by atoms with E-state index < -0.39 is 0 Å². The third-order valence-corrected chi connectivity index (χ3v) is 2.42. The van der Waals surface area contributed by atoms with Crippen molar-refractivity contribution in [1.29, 1.82) is 0 Å². The quantitative estimate of drug-likeness (QED) is 0.703. The van der Waals surface area contributed by atoms with Crippen molar-refractivity contribution in [2.75, 3.05) is 14.1 Å². The Kier molecular flexibility index (Phi) is 2.30. The van der Waals surface area contributed by atoms with Crippen molar-refractivity contribution in [3.05, 3.63) is 36.0 Å². The van der Waals surface area contributed by atoms with Crippen LogP contribution in [-0.2, 0) is 6.67 Å². The molecule has 0 fully saturated rings. The summed E-state index contributed by atoms with van der Waals surface area (Å²) in [6.45, 7) is 3.10. The zero-order valence-corrected chi connectivity index (χ0v) is 8.99. The van der Waals surface area contributed by atoms with Gasteiger partial charge >= 0.3 is 0 Å². The average molecular weight is 188 g/mol. The van der Waals surface area contributed by atoms with Crippen LogP contribution in [0.4, 0.5) is 0 Å². The van der Waals surface area contributed by atoms with E-state index in [9.17, 15) is 0 Å². The van der Waals surface area contributed by atoms with E-state index in [1.165, 1.54) is 16.5 Å². The smallest absolute Gasteiger partial charge is 0.0746 e. The van der Waals surface area contributed by atoms with Gasteiger partial charge in [-0.1, -0.05) is 18.2 Å². The molecule has 0 atom stereocenters. The lowest BCUT2D eigenvalue weighted by atomic mass is 10.2. The van der Waals surface area contributed by atoms with Gasteiger partial charge in [0.1, 0.15) is 0 Å². The second-order valence-electron chi connectivity index (χ2n) is 4.02. The molecule has 2 aromatic rings. The zero-order chi connectivity index (χ0) is 10.1. The standard InChI is InChI=1S/C12H16N2/c1-10-8-14(9-13(2)3)12-7-5-4-6-11(10)12/h4-8H,9H2,1-3H3. The molecule has 1 aromatic carbocycles. The molecular formula is C12H16N2. The van der Waals surface area contributed by atoms with Gasteiger partial charge in [-0.3, -0.25) is 4.90 Å². The van der Waals surface area contributed by atoms with Crippen molar-refractivity contribution in [3.63, 3.8) is 0 Å². The summed E-state index contributed by atoms with van der Waals surface area (Å²) in [5, 5.41) is 1.36. The molecule has 14 heavy (non-hydrogen) atoms. The molecule has 0 unspecified atom stereocenters. The minimum absolute atomic E-state index is 0.939. The molecule has 0 spiro atoms. The van der Waals surface area contributed by atoms with Crippen molar-refractivity contribution in [3.8, 4) is 0 Å². The fourth-order valence-electron chi connectivity index (χ4n) is 1.85. The number of fused-ring (bicyclic) bond motifs is 1. The van der Waals surface area contributed by atoms with Gasteiger partial charge in [0.2, 0.25) is 0 Å². The molecule has 0 amide bonds.